The van der Waals surface area contributed by atoms with Crippen LogP contribution in [-0.2, 0) is 24.2 Å². The molecule has 1 saturated heterocycles. The van der Waals surface area contributed by atoms with E-state index in [1.165, 1.54) is 28.6 Å². The van der Waals surface area contributed by atoms with Crippen LogP contribution in [0.25, 0.3) is 10.2 Å². The van der Waals surface area contributed by atoms with Gasteiger partial charge in [-0.1, -0.05) is 24.8 Å². The Morgan fingerprint density at radius 2 is 2.21 bits per heavy atom. The molecule has 0 saturated carbocycles. The van der Waals surface area contributed by atoms with E-state index in [1.54, 1.807) is 22.0 Å². The lowest BCUT2D eigenvalue weighted by atomic mass is 10.0. The maximum atomic E-state index is 13.2. The summed E-state index contributed by atoms with van der Waals surface area (Å²) >= 11 is 3.04. The summed E-state index contributed by atoms with van der Waals surface area (Å²) in [5.74, 6) is 0.487. The number of carbonyl (C=O) groups excluding carboxylic acids is 1. The van der Waals surface area contributed by atoms with Gasteiger partial charge in [0.2, 0.25) is 5.91 Å². The van der Waals surface area contributed by atoms with E-state index in [1.807, 2.05) is 4.90 Å². The van der Waals surface area contributed by atoms with Crippen molar-refractivity contribution in [1.29, 1.82) is 0 Å². The second-order valence-corrected chi connectivity index (χ2v) is 9.60. The maximum absolute atomic E-state index is 13.2. The zero-order chi connectivity index (χ0) is 19.7. The third kappa shape index (κ3) is 3.54. The summed E-state index contributed by atoms with van der Waals surface area (Å²) in [6.45, 7) is 7.22. The minimum Gasteiger partial charge on any atom is -0.339 e. The van der Waals surface area contributed by atoms with Gasteiger partial charge in [-0.05, 0) is 50.5 Å². The minimum atomic E-state index is 0.0173. The van der Waals surface area contributed by atoms with Crippen molar-refractivity contribution in [3.8, 4) is 0 Å². The summed E-state index contributed by atoms with van der Waals surface area (Å²) in [4.78, 5) is 35.0. The third-order valence-corrected chi connectivity index (χ3v) is 7.99. The van der Waals surface area contributed by atoms with Gasteiger partial charge < -0.3 is 4.90 Å². The van der Waals surface area contributed by atoms with E-state index < -0.39 is 0 Å². The largest absolute Gasteiger partial charge is 0.339 e. The van der Waals surface area contributed by atoms with Crippen LogP contribution in [0.15, 0.2) is 22.6 Å². The van der Waals surface area contributed by atoms with Crippen molar-refractivity contribution in [1.82, 2.24) is 14.5 Å². The number of aromatic nitrogens is 2. The Bertz CT molecular complexity index is 963. The first-order valence-corrected chi connectivity index (χ1v) is 12.0. The normalized spacial score (nSPS) is 19.2. The molecule has 7 heteroatoms. The molecule has 0 bridgehead atoms. The zero-order valence-corrected chi connectivity index (χ0v) is 18.0. The second kappa shape index (κ2) is 8.41. The number of hydrogen-bond acceptors (Lipinski definition) is 5. The van der Waals surface area contributed by atoms with E-state index >= 15 is 0 Å². The summed E-state index contributed by atoms with van der Waals surface area (Å²) in [7, 11) is 0. The maximum Gasteiger partial charge on any atom is 0.263 e. The molecule has 0 radical (unpaired) electrons. The Morgan fingerprint density at radius 3 is 3.00 bits per heavy atom. The lowest BCUT2D eigenvalue weighted by Gasteiger charge is -2.35. The van der Waals surface area contributed by atoms with E-state index in [0.29, 0.717) is 23.5 Å². The number of thiophene rings is 1. The van der Waals surface area contributed by atoms with Gasteiger partial charge in [-0.15, -0.1) is 17.9 Å². The molecule has 1 amide bonds. The first-order chi connectivity index (χ1) is 13.6. The van der Waals surface area contributed by atoms with Crippen LogP contribution in [0.3, 0.4) is 0 Å². The number of nitrogens with zero attached hydrogens (tertiary/aromatic N) is 3. The summed E-state index contributed by atoms with van der Waals surface area (Å²) < 4.78 is 1.69. The molecule has 1 atom stereocenters. The van der Waals surface area contributed by atoms with Crippen LogP contribution in [0.4, 0.5) is 0 Å². The highest BCUT2D eigenvalue weighted by molar-refractivity contribution is 7.99. The molecule has 2 aliphatic rings. The molecule has 2 aromatic rings. The number of piperidine rings is 1. The summed E-state index contributed by atoms with van der Waals surface area (Å²) in [5, 5.41) is 1.42. The van der Waals surface area contributed by atoms with Gasteiger partial charge in [0.1, 0.15) is 4.83 Å². The fourth-order valence-corrected chi connectivity index (χ4v) is 6.62. The average Bonchev–Trinajstić information content (AvgIpc) is 3.29. The van der Waals surface area contributed by atoms with Gasteiger partial charge in [-0.3, -0.25) is 14.2 Å². The predicted octanol–water partition coefficient (Wildman–Crippen LogP) is 4.02. The lowest BCUT2D eigenvalue weighted by Crippen LogP contribution is -2.44. The highest BCUT2D eigenvalue weighted by Crippen LogP contribution is 2.35. The second-order valence-electron chi connectivity index (χ2n) is 7.57. The predicted molar refractivity (Wildman–Crippen MR) is 116 cm³/mol. The number of carbonyl (C=O) groups is 1. The number of allylic oxidation sites excluding steroid dienone is 1. The van der Waals surface area contributed by atoms with Gasteiger partial charge in [0.15, 0.2) is 5.16 Å². The number of thioether (sulfide) groups is 1. The topological polar surface area (TPSA) is 55.2 Å². The van der Waals surface area contributed by atoms with E-state index in [-0.39, 0.29) is 11.5 Å². The van der Waals surface area contributed by atoms with E-state index in [4.69, 9.17) is 4.98 Å². The third-order valence-electron chi connectivity index (χ3n) is 5.84. The van der Waals surface area contributed by atoms with Crippen LogP contribution in [0, 0.1) is 0 Å². The number of aryl methyl sites for hydroxylation is 2. The van der Waals surface area contributed by atoms with Crippen LogP contribution in [0.5, 0.6) is 0 Å². The van der Waals surface area contributed by atoms with Crippen molar-refractivity contribution in [2.24, 2.45) is 0 Å². The van der Waals surface area contributed by atoms with Crippen LogP contribution in [0.2, 0.25) is 0 Å². The first kappa shape index (κ1) is 19.7. The number of likely N-dealkylation sites (tertiary alicyclic amines) is 1. The molecule has 0 aromatic carbocycles. The van der Waals surface area contributed by atoms with Crippen LogP contribution in [0.1, 0.15) is 49.5 Å². The molecule has 28 heavy (non-hydrogen) atoms. The molecule has 5 nitrogen and oxygen atoms in total. The Hall–Kier alpha value is -1.60. The highest BCUT2D eigenvalue weighted by atomic mass is 32.2. The molecule has 0 spiro atoms. The number of amides is 1. The van der Waals surface area contributed by atoms with E-state index in [2.05, 4.69) is 13.5 Å². The summed E-state index contributed by atoms with van der Waals surface area (Å²) in [5.41, 5.74) is 1.21. The molecule has 1 aliphatic carbocycles. The Balaban J connectivity index is 1.61. The van der Waals surface area contributed by atoms with Gasteiger partial charge in [0.05, 0.1) is 11.1 Å². The van der Waals surface area contributed by atoms with Crippen molar-refractivity contribution < 1.29 is 4.79 Å². The van der Waals surface area contributed by atoms with Gasteiger partial charge in [0.25, 0.3) is 5.56 Å². The van der Waals surface area contributed by atoms with Crippen LogP contribution >= 0.6 is 23.1 Å². The fraction of sp³-hybridized carbons (Fsp3) is 0.571. The van der Waals surface area contributed by atoms with Gasteiger partial charge in [0, 0.05) is 24.0 Å². The fourth-order valence-electron chi connectivity index (χ4n) is 4.42. The molecule has 1 fully saturated rings. The quantitative estimate of drug-likeness (QED) is 0.405. The zero-order valence-electron chi connectivity index (χ0n) is 16.4. The molecule has 4 rings (SSSR count). The molecule has 150 valence electrons. The molecule has 1 aliphatic heterocycles. The molecule has 0 N–H and O–H groups in total. The Morgan fingerprint density at radius 1 is 1.36 bits per heavy atom. The summed E-state index contributed by atoms with van der Waals surface area (Å²) in [6, 6.07) is 0.355. The van der Waals surface area contributed by atoms with Crippen LogP contribution < -0.4 is 5.56 Å². The molecule has 0 unspecified atom stereocenters. The standard InChI is InChI=1S/C21H27N3O2S2/c1-3-11-24-20(26)18-15-9-7-10-16(15)28-19(18)22-21(24)27-13-17(25)23-12-6-5-8-14(23)4-2/h3,14H,1,4-13H2,2H3/t14-/m0/s1. The number of rotatable bonds is 6. The van der Waals surface area contributed by atoms with Crippen molar-refractivity contribution in [2.75, 3.05) is 12.3 Å². The minimum absolute atomic E-state index is 0.0173. The van der Waals surface area contributed by atoms with E-state index in [9.17, 15) is 9.59 Å². The number of hydrogen-bond donors (Lipinski definition) is 0. The van der Waals surface area contributed by atoms with Crippen molar-refractivity contribution in [3.63, 3.8) is 0 Å². The lowest BCUT2D eigenvalue weighted by molar-refractivity contribution is -0.132. The average molecular weight is 418 g/mol. The number of fused-ring (bicyclic) bond motifs is 3. The molecule has 2 aromatic heterocycles. The van der Waals surface area contributed by atoms with Crippen molar-refractivity contribution in [3.05, 3.63) is 33.4 Å². The van der Waals surface area contributed by atoms with Gasteiger partial charge in [-0.2, -0.15) is 0 Å². The SMILES string of the molecule is C=CCn1c(SCC(=O)N2CCCC[C@@H]2CC)nc2sc3c(c2c1=O)CCC3. The molecular formula is C21H27N3O2S2. The van der Waals surface area contributed by atoms with Crippen LogP contribution in [-0.4, -0.2) is 38.7 Å². The molecular weight excluding hydrogens is 390 g/mol. The monoisotopic (exact) mass is 417 g/mol. The summed E-state index contributed by atoms with van der Waals surface area (Å²) in [6.07, 6.45) is 9.25. The molecule has 3 heterocycles. The van der Waals surface area contributed by atoms with Gasteiger partial charge in [-0.25, -0.2) is 4.98 Å². The van der Waals surface area contributed by atoms with Gasteiger partial charge >= 0.3 is 0 Å². The smallest absolute Gasteiger partial charge is 0.263 e. The Kier molecular flexibility index (Phi) is 5.92. The van der Waals surface area contributed by atoms with E-state index in [0.717, 1.165) is 55.3 Å². The van der Waals surface area contributed by atoms with Crippen molar-refractivity contribution >= 4 is 39.2 Å². The first-order valence-electron chi connectivity index (χ1n) is 10.2. The van der Waals surface area contributed by atoms with Crippen molar-refractivity contribution in [2.45, 2.75) is 69.6 Å². The highest BCUT2D eigenvalue weighted by Gasteiger charge is 2.27. The Labute approximate surface area is 173 Å².